The zero-order valence-corrected chi connectivity index (χ0v) is 7.78. The molecule has 4 N–H and O–H groups in total. The summed E-state index contributed by atoms with van der Waals surface area (Å²) in [5, 5.41) is 9.74. The molecule has 0 unspecified atom stereocenters. The minimum Gasteiger partial charge on any atom is -0.448 e. The highest BCUT2D eigenvalue weighted by Crippen LogP contribution is 2.13. The first-order valence-corrected chi connectivity index (χ1v) is 4.12. The summed E-state index contributed by atoms with van der Waals surface area (Å²) >= 11 is 0. The highest BCUT2D eigenvalue weighted by atomic mass is 16.3. The third-order valence-corrected chi connectivity index (χ3v) is 1.50. The predicted molar refractivity (Wildman–Crippen MR) is 52.2 cm³/mol. The molecule has 1 heterocycles. The number of anilines is 1. The third-order valence-electron chi connectivity index (χ3n) is 1.50. The normalized spacial score (nSPS) is 9.50. The fourth-order valence-electron chi connectivity index (χ4n) is 0.956. The molecule has 0 saturated carbocycles. The van der Waals surface area contributed by atoms with Crippen LogP contribution in [0.2, 0.25) is 0 Å². The summed E-state index contributed by atoms with van der Waals surface area (Å²) in [5.41, 5.74) is 5.25. The smallest absolute Gasteiger partial charge is 0.331 e. The highest BCUT2D eigenvalue weighted by molar-refractivity contribution is 6.12. The van der Waals surface area contributed by atoms with Crippen molar-refractivity contribution in [3.63, 3.8) is 0 Å². The first kappa shape index (κ1) is 10.1. The minimum atomic E-state index is -0.477. The van der Waals surface area contributed by atoms with Crippen LogP contribution in [-0.4, -0.2) is 18.5 Å². The van der Waals surface area contributed by atoms with Gasteiger partial charge in [-0.3, -0.25) is 5.41 Å². The molecular formula is C8H12N4O2. The quantitative estimate of drug-likeness (QED) is 0.480. The Balaban J connectivity index is 2.85. The van der Waals surface area contributed by atoms with Gasteiger partial charge in [0.2, 0.25) is 11.8 Å². The molecular weight excluding hydrogens is 184 g/mol. The molecule has 0 fully saturated rings. The van der Waals surface area contributed by atoms with E-state index >= 15 is 0 Å². The van der Waals surface area contributed by atoms with Crippen molar-refractivity contribution in [1.29, 1.82) is 5.41 Å². The number of furan rings is 1. The predicted octanol–water partition coefficient (Wildman–Crippen LogP) is 0.709. The second-order valence-electron chi connectivity index (χ2n) is 2.51. The van der Waals surface area contributed by atoms with Crippen molar-refractivity contribution in [2.45, 2.75) is 6.92 Å². The molecule has 0 radical (unpaired) electrons. The number of hydrogen-bond donors (Lipinski definition) is 3. The summed E-state index contributed by atoms with van der Waals surface area (Å²) in [6, 6.07) is 2.69. The van der Waals surface area contributed by atoms with Gasteiger partial charge in [0.05, 0.1) is 6.26 Å². The van der Waals surface area contributed by atoms with Crippen LogP contribution in [0.1, 0.15) is 6.92 Å². The van der Waals surface area contributed by atoms with Crippen LogP contribution in [0.4, 0.5) is 10.7 Å². The lowest BCUT2D eigenvalue weighted by Crippen LogP contribution is -2.47. The van der Waals surface area contributed by atoms with Crippen molar-refractivity contribution in [2.75, 3.05) is 11.4 Å². The monoisotopic (exact) mass is 196 g/mol. The average Bonchev–Trinajstić information content (AvgIpc) is 2.57. The molecule has 1 aromatic rings. The SMILES string of the molecule is CCNC(=O)N(C(=N)N)c1ccco1. The molecule has 0 aliphatic carbocycles. The Labute approximate surface area is 81.2 Å². The van der Waals surface area contributed by atoms with E-state index in [0.29, 0.717) is 6.54 Å². The Bertz CT molecular complexity index is 320. The summed E-state index contributed by atoms with van der Waals surface area (Å²) in [7, 11) is 0. The maximum atomic E-state index is 11.4. The Morgan fingerprint density at radius 2 is 2.50 bits per heavy atom. The lowest BCUT2D eigenvalue weighted by atomic mass is 10.5. The second-order valence-corrected chi connectivity index (χ2v) is 2.51. The first-order chi connectivity index (χ1) is 6.66. The van der Waals surface area contributed by atoms with Crippen LogP contribution in [0.25, 0.3) is 0 Å². The van der Waals surface area contributed by atoms with E-state index in [9.17, 15) is 4.79 Å². The number of carbonyl (C=O) groups is 1. The van der Waals surface area contributed by atoms with Crippen LogP contribution >= 0.6 is 0 Å². The van der Waals surface area contributed by atoms with E-state index in [0.717, 1.165) is 4.90 Å². The molecule has 0 saturated heterocycles. The van der Waals surface area contributed by atoms with Gasteiger partial charge in [-0.1, -0.05) is 0 Å². The molecule has 0 aliphatic rings. The summed E-state index contributed by atoms with van der Waals surface area (Å²) in [5.74, 6) is -0.158. The van der Waals surface area contributed by atoms with Crippen molar-refractivity contribution in [2.24, 2.45) is 5.73 Å². The van der Waals surface area contributed by atoms with Gasteiger partial charge < -0.3 is 15.5 Å². The van der Waals surface area contributed by atoms with E-state index in [1.807, 2.05) is 0 Å². The molecule has 2 amide bonds. The van der Waals surface area contributed by atoms with Crippen LogP contribution < -0.4 is 16.0 Å². The van der Waals surface area contributed by atoms with E-state index in [-0.39, 0.29) is 11.8 Å². The van der Waals surface area contributed by atoms with Crippen molar-refractivity contribution < 1.29 is 9.21 Å². The molecule has 1 rings (SSSR count). The number of hydrogen-bond acceptors (Lipinski definition) is 3. The van der Waals surface area contributed by atoms with Gasteiger partial charge in [0, 0.05) is 12.6 Å². The van der Waals surface area contributed by atoms with E-state index in [4.69, 9.17) is 15.6 Å². The van der Waals surface area contributed by atoms with Gasteiger partial charge in [-0.05, 0) is 13.0 Å². The number of nitrogens with two attached hydrogens (primary N) is 1. The number of guanidine groups is 1. The second kappa shape index (κ2) is 4.31. The van der Waals surface area contributed by atoms with Crippen LogP contribution in [0.3, 0.4) is 0 Å². The number of nitrogens with zero attached hydrogens (tertiary/aromatic N) is 1. The Hall–Kier alpha value is -1.98. The van der Waals surface area contributed by atoms with Crippen molar-refractivity contribution >= 4 is 17.9 Å². The lowest BCUT2D eigenvalue weighted by Gasteiger charge is -2.17. The van der Waals surface area contributed by atoms with Crippen LogP contribution in [0, 0.1) is 5.41 Å². The molecule has 0 bridgehead atoms. The third kappa shape index (κ3) is 2.03. The average molecular weight is 196 g/mol. The minimum absolute atomic E-state index is 0.225. The molecule has 0 atom stereocenters. The maximum absolute atomic E-state index is 11.4. The highest BCUT2D eigenvalue weighted by Gasteiger charge is 2.19. The molecule has 0 spiro atoms. The van der Waals surface area contributed by atoms with Crippen molar-refractivity contribution in [1.82, 2.24) is 5.32 Å². The van der Waals surface area contributed by atoms with Gasteiger partial charge in [0.1, 0.15) is 0 Å². The van der Waals surface area contributed by atoms with E-state index in [2.05, 4.69) is 5.32 Å². The number of nitrogens with one attached hydrogen (secondary N) is 2. The van der Waals surface area contributed by atoms with E-state index in [1.165, 1.54) is 6.26 Å². The summed E-state index contributed by atoms with van der Waals surface area (Å²) < 4.78 is 4.97. The van der Waals surface area contributed by atoms with Crippen molar-refractivity contribution in [3.8, 4) is 0 Å². The molecule has 76 valence electrons. The van der Waals surface area contributed by atoms with Crippen LogP contribution in [-0.2, 0) is 0 Å². The van der Waals surface area contributed by atoms with Gasteiger partial charge in [0.15, 0.2) is 0 Å². The van der Waals surface area contributed by atoms with Crippen LogP contribution in [0.15, 0.2) is 22.8 Å². The standard InChI is InChI=1S/C8H12N4O2/c1-2-11-8(13)12(7(9)10)6-4-3-5-14-6/h3-5H,2H2,1H3,(H3,9,10)(H,11,13). The maximum Gasteiger partial charge on any atom is 0.331 e. The van der Waals surface area contributed by atoms with Gasteiger partial charge in [0.25, 0.3) is 0 Å². The summed E-state index contributed by atoms with van der Waals surface area (Å²) in [4.78, 5) is 12.4. The zero-order valence-electron chi connectivity index (χ0n) is 7.78. The molecule has 0 aromatic carbocycles. The topological polar surface area (TPSA) is 95.4 Å². The molecule has 1 aromatic heterocycles. The fourth-order valence-corrected chi connectivity index (χ4v) is 0.956. The summed E-state index contributed by atoms with van der Waals surface area (Å²) in [6.45, 7) is 2.24. The lowest BCUT2D eigenvalue weighted by molar-refractivity contribution is 0.248. The van der Waals surface area contributed by atoms with Gasteiger partial charge in [-0.25, -0.2) is 9.69 Å². The van der Waals surface area contributed by atoms with Crippen LogP contribution in [0.5, 0.6) is 0 Å². The zero-order chi connectivity index (χ0) is 10.6. The number of carbonyl (C=O) groups excluding carboxylic acids is 1. The molecule has 14 heavy (non-hydrogen) atoms. The van der Waals surface area contributed by atoms with E-state index in [1.54, 1.807) is 19.1 Å². The Morgan fingerprint density at radius 3 is 2.93 bits per heavy atom. The first-order valence-electron chi connectivity index (χ1n) is 4.12. The molecule has 6 nitrogen and oxygen atoms in total. The number of amides is 2. The molecule has 0 aliphatic heterocycles. The molecule has 6 heteroatoms. The fraction of sp³-hybridized carbons (Fsp3) is 0.250. The summed E-state index contributed by atoms with van der Waals surface area (Å²) in [6.07, 6.45) is 1.41. The van der Waals surface area contributed by atoms with E-state index < -0.39 is 6.03 Å². The van der Waals surface area contributed by atoms with Gasteiger partial charge in [-0.2, -0.15) is 0 Å². The van der Waals surface area contributed by atoms with Crippen molar-refractivity contribution in [3.05, 3.63) is 18.4 Å². The number of rotatable bonds is 2. The number of urea groups is 1. The van der Waals surface area contributed by atoms with Gasteiger partial charge >= 0.3 is 6.03 Å². The Morgan fingerprint density at radius 1 is 1.79 bits per heavy atom. The Kier molecular flexibility index (Phi) is 3.11. The largest absolute Gasteiger partial charge is 0.448 e. The van der Waals surface area contributed by atoms with Gasteiger partial charge in [-0.15, -0.1) is 0 Å².